The van der Waals surface area contributed by atoms with Gasteiger partial charge < -0.3 is 5.32 Å². The molecule has 19 heavy (non-hydrogen) atoms. The lowest BCUT2D eigenvalue weighted by Gasteiger charge is -2.17. The van der Waals surface area contributed by atoms with Gasteiger partial charge in [-0.15, -0.1) is 0 Å². The Kier molecular flexibility index (Phi) is 3.50. The Bertz CT molecular complexity index is 630. The fourth-order valence-corrected chi connectivity index (χ4v) is 3.09. The second-order valence-electron chi connectivity index (χ2n) is 4.68. The molecule has 0 aliphatic heterocycles. The lowest BCUT2D eigenvalue weighted by Crippen LogP contribution is -2.07. The van der Waals surface area contributed by atoms with Crippen LogP contribution in [0.25, 0.3) is 0 Å². The maximum Gasteiger partial charge on any atom is 0.123 e. The third kappa shape index (κ3) is 2.49. The number of halogens is 3. The van der Waals surface area contributed by atoms with Crippen molar-refractivity contribution in [1.29, 1.82) is 0 Å². The number of hydrogen-bond donors (Lipinski definition) is 1. The highest BCUT2D eigenvalue weighted by atomic mass is 79.9. The first-order valence-electron chi connectivity index (χ1n) is 6.14. The third-order valence-corrected chi connectivity index (χ3v) is 4.86. The molecular weight excluding hydrogens is 329 g/mol. The molecule has 1 nitrogen and oxygen atoms in total. The van der Waals surface area contributed by atoms with E-state index in [9.17, 15) is 4.39 Å². The molecule has 3 rings (SSSR count). The lowest BCUT2D eigenvalue weighted by molar-refractivity contribution is 0.626. The Labute approximate surface area is 124 Å². The number of nitrogens with one attached hydrogen (secondary N) is 1. The van der Waals surface area contributed by atoms with Crippen LogP contribution in [0.1, 0.15) is 23.6 Å². The molecule has 1 aliphatic rings. The highest BCUT2D eigenvalue weighted by molar-refractivity contribution is 9.10. The number of anilines is 1. The third-order valence-electron chi connectivity index (χ3n) is 3.46. The van der Waals surface area contributed by atoms with E-state index < -0.39 is 0 Å². The van der Waals surface area contributed by atoms with Gasteiger partial charge >= 0.3 is 0 Å². The maximum atomic E-state index is 13.2. The van der Waals surface area contributed by atoms with Crippen LogP contribution in [0.3, 0.4) is 0 Å². The second kappa shape index (κ2) is 5.14. The van der Waals surface area contributed by atoms with E-state index in [1.54, 1.807) is 6.07 Å². The van der Waals surface area contributed by atoms with E-state index >= 15 is 0 Å². The first kappa shape index (κ1) is 12.9. The maximum absolute atomic E-state index is 13.2. The highest BCUT2D eigenvalue weighted by Crippen LogP contribution is 2.37. The van der Waals surface area contributed by atoms with Gasteiger partial charge in [0.25, 0.3) is 0 Å². The van der Waals surface area contributed by atoms with Crippen LogP contribution < -0.4 is 5.32 Å². The minimum absolute atomic E-state index is 0.164. The van der Waals surface area contributed by atoms with Crippen LogP contribution in [0, 0.1) is 5.82 Å². The summed E-state index contributed by atoms with van der Waals surface area (Å²) in [5.41, 5.74) is 3.23. The Morgan fingerprint density at radius 1 is 1.26 bits per heavy atom. The van der Waals surface area contributed by atoms with Gasteiger partial charge in [0, 0.05) is 0 Å². The van der Waals surface area contributed by atoms with Crippen LogP contribution >= 0.6 is 27.5 Å². The molecule has 0 amide bonds. The second-order valence-corrected chi connectivity index (χ2v) is 5.88. The van der Waals surface area contributed by atoms with E-state index in [1.165, 1.54) is 11.6 Å². The molecule has 2 aromatic rings. The van der Waals surface area contributed by atoms with Crippen molar-refractivity contribution in [3.63, 3.8) is 0 Å². The Morgan fingerprint density at radius 2 is 2.11 bits per heavy atom. The van der Waals surface area contributed by atoms with Crippen LogP contribution in [0.15, 0.2) is 40.9 Å². The largest absolute Gasteiger partial charge is 0.377 e. The fraction of sp³-hybridized carbons (Fsp3) is 0.200. The molecular formula is C15H12BrClFN. The number of hydrogen-bond acceptors (Lipinski definition) is 1. The molecule has 1 unspecified atom stereocenters. The van der Waals surface area contributed by atoms with Crippen molar-refractivity contribution in [2.24, 2.45) is 0 Å². The van der Waals surface area contributed by atoms with Gasteiger partial charge in [-0.05, 0) is 64.2 Å². The monoisotopic (exact) mass is 339 g/mol. The average molecular weight is 341 g/mol. The molecule has 0 aromatic heterocycles. The quantitative estimate of drug-likeness (QED) is 0.778. The van der Waals surface area contributed by atoms with E-state index in [1.807, 2.05) is 24.3 Å². The molecule has 1 aliphatic carbocycles. The van der Waals surface area contributed by atoms with E-state index in [2.05, 4.69) is 21.2 Å². The smallest absolute Gasteiger partial charge is 0.123 e. The summed E-state index contributed by atoms with van der Waals surface area (Å²) in [7, 11) is 0. The van der Waals surface area contributed by atoms with Gasteiger partial charge in [0.1, 0.15) is 5.82 Å². The SMILES string of the molecule is Fc1ccc2c(c1)CCC2Nc1cccc(Cl)c1Br. The van der Waals surface area contributed by atoms with Crippen molar-refractivity contribution >= 4 is 33.2 Å². The molecule has 0 saturated heterocycles. The molecule has 1 atom stereocenters. The predicted molar refractivity (Wildman–Crippen MR) is 80.2 cm³/mol. The van der Waals surface area contributed by atoms with Crippen LogP contribution in [0.5, 0.6) is 0 Å². The summed E-state index contributed by atoms with van der Waals surface area (Å²) in [6, 6.07) is 11.0. The van der Waals surface area contributed by atoms with Crippen molar-refractivity contribution in [2.45, 2.75) is 18.9 Å². The van der Waals surface area contributed by atoms with Crippen LogP contribution in [0.4, 0.5) is 10.1 Å². The minimum atomic E-state index is -0.164. The highest BCUT2D eigenvalue weighted by Gasteiger charge is 2.23. The van der Waals surface area contributed by atoms with Gasteiger partial charge in [-0.2, -0.15) is 0 Å². The Balaban J connectivity index is 1.89. The molecule has 1 N–H and O–H groups in total. The van der Waals surface area contributed by atoms with Gasteiger partial charge in [-0.3, -0.25) is 0 Å². The standard InChI is InChI=1S/C15H12BrClFN/c16-15-12(17)2-1-3-14(15)19-13-7-4-9-8-10(18)5-6-11(9)13/h1-3,5-6,8,13,19H,4,7H2. The molecule has 98 valence electrons. The van der Waals surface area contributed by atoms with Gasteiger partial charge in [-0.1, -0.05) is 23.7 Å². The Hall–Kier alpha value is -1.06. The van der Waals surface area contributed by atoms with Crippen molar-refractivity contribution in [1.82, 2.24) is 0 Å². The molecule has 0 heterocycles. The van der Waals surface area contributed by atoms with Crippen molar-refractivity contribution < 1.29 is 4.39 Å². The zero-order chi connectivity index (χ0) is 13.4. The average Bonchev–Trinajstić information content (AvgIpc) is 2.77. The van der Waals surface area contributed by atoms with Gasteiger partial charge in [0.05, 0.1) is 21.2 Å². The first-order chi connectivity index (χ1) is 9.15. The van der Waals surface area contributed by atoms with Crippen LogP contribution in [-0.2, 0) is 6.42 Å². The molecule has 4 heteroatoms. The van der Waals surface area contributed by atoms with Gasteiger partial charge in [-0.25, -0.2) is 4.39 Å². The molecule has 0 saturated carbocycles. The zero-order valence-electron chi connectivity index (χ0n) is 10.1. The predicted octanol–water partition coefficient (Wildman–Crippen LogP) is 5.34. The summed E-state index contributed by atoms with van der Waals surface area (Å²) < 4.78 is 14.1. The summed E-state index contributed by atoms with van der Waals surface area (Å²) in [6.45, 7) is 0. The summed E-state index contributed by atoms with van der Waals surface area (Å²) in [5.74, 6) is -0.164. The lowest BCUT2D eigenvalue weighted by atomic mass is 10.1. The first-order valence-corrected chi connectivity index (χ1v) is 7.31. The molecule has 0 spiro atoms. The van der Waals surface area contributed by atoms with Crippen LogP contribution in [-0.4, -0.2) is 0 Å². The van der Waals surface area contributed by atoms with Crippen molar-refractivity contribution in [3.05, 3.63) is 62.8 Å². The number of aryl methyl sites for hydroxylation is 1. The van der Waals surface area contributed by atoms with E-state index in [0.29, 0.717) is 5.02 Å². The summed E-state index contributed by atoms with van der Waals surface area (Å²) in [4.78, 5) is 0. The normalized spacial score (nSPS) is 17.3. The number of benzene rings is 2. The topological polar surface area (TPSA) is 12.0 Å². The zero-order valence-corrected chi connectivity index (χ0v) is 12.4. The van der Waals surface area contributed by atoms with Gasteiger partial charge in [0.15, 0.2) is 0 Å². The fourth-order valence-electron chi connectivity index (χ4n) is 2.54. The van der Waals surface area contributed by atoms with E-state index in [-0.39, 0.29) is 11.9 Å². The molecule has 0 bridgehead atoms. The van der Waals surface area contributed by atoms with E-state index in [0.717, 1.165) is 28.6 Å². The summed E-state index contributed by atoms with van der Waals surface area (Å²) >= 11 is 9.57. The minimum Gasteiger partial charge on any atom is -0.377 e. The number of rotatable bonds is 2. The van der Waals surface area contributed by atoms with Gasteiger partial charge in [0.2, 0.25) is 0 Å². The summed E-state index contributed by atoms with van der Waals surface area (Å²) in [5, 5.41) is 4.15. The molecule has 0 radical (unpaired) electrons. The molecule has 0 fully saturated rings. The van der Waals surface area contributed by atoms with Crippen LogP contribution in [0.2, 0.25) is 5.02 Å². The number of fused-ring (bicyclic) bond motifs is 1. The summed E-state index contributed by atoms with van der Waals surface area (Å²) in [6.07, 6.45) is 1.88. The van der Waals surface area contributed by atoms with Crippen molar-refractivity contribution in [2.75, 3.05) is 5.32 Å². The molecule has 2 aromatic carbocycles. The Morgan fingerprint density at radius 3 is 2.95 bits per heavy atom. The van der Waals surface area contributed by atoms with E-state index in [4.69, 9.17) is 11.6 Å². The van der Waals surface area contributed by atoms with Crippen molar-refractivity contribution in [3.8, 4) is 0 Å².